The topological polar surface area (TPSA) is 69.7 Å². The molecule has 0 unspecified atom stereocenters. The monoisotopic (exact) mass is 469 g/mol. The van der Waals surface area contributed by atoms with Crippen molar-refractivity contribution in [1.82, 2.24) is 0 Å². The molecule has 6 nitrogen and oxygen atoms in total. The Morgan fingerprint density at radius 1 is 0.906 bits per heavy atom. The summed E-state index contributed by atoms with van der Waals surface area (Å²) < 4.78 is 27.7. The highest BCUT2D eigenvalue weighted by Gasteiger charge is 2.27. The van der Waals surface area contributed by atoms with Gasteiger partial charge in [-0.05, 0) is 73.5 Å². The molecule has 1 aliphatic rings. The molecule has 0 atom stereocenters. The number of amides is 1. The molecule has 0 spiro atoms. The molecule has 1 saturated heterocycles. The van der Waals surface area contributed by atoms with Crippen molar-refractivity contribution in [3.05, 3.63) is 83.9 Å². The molecule has 0 bridgehead atoms. The molecule has 0 aliphatic carbocycles. The summed E-state index contributed by atoms with van der Waals surface area (Å²) in [5.74, 6) is -0.437. The van der Waals surface area contributed by atoms with Crippen LogP contribution in [-0.2, 0) is 14.8 Å². The zero-order chi connectivity index (χ0) is 22.6. The van der Waals surface area contributed by atoms with Crippen LogP contribution in [0.15, 0.2) is 83.8 Å². The average Bonchev–Trinajstić information content (AvgIpc) is 3.34. The van der Waals surface area contributed by atoms with Crippen LogP contribution >= 0.6 is 11.6 Å². The summed E-state index contributed by atoms with van der Waals surface area (Å²) in [7, 11) is -3.95. The van der Waals surface area contributed by atoms with Crippen molar-refractivity contribution in [3.63, 3.8) is 0 Å². The van der Waals surface area contributed by atoms with Gasteiger partial charge in [0.25, 0.3) is 10.0 Å². The molecule has 1 heterocycles. The van der Waals surface area contributed by atoms with Crippen molar-refractivity contribution in [3.8, 4) is 0 Å². The number of carbonyl (C=O) groups excluding carboxylic acids is 1. The lowest BCUT2D eigenvalue weighted by Crippen LogP contribution is -2.38. The van der Waals surface area contributed by atoms with Crippen LogP contribution in [0.5, 0.6) is 0 Å². The minimum atomic E-state index is -3.95. The first-order chi connectivity index (χ1) is 15.4. The average molecular weight is 470 g/mol. The lowest BCUT2D eigenvalue weighted by Gasteiger charge is -2.24. The molecule has 1 amide bonds. The van der Waals surface area contributed by atoms with Gasteiger partial charge in [-0.25, -0.2) is 8.42 Å². The minimum Gasteiger partial charge on any atom is -0.372 e. The predicted octanol–water partition coefficient (Wildman–Crippen LogP) is 4.77. The van der Waals surface area contributed by atoms with Crippen LogP contribution in [0.1, 0.15) is 12.8 Å². The van der Waals surface area contributed by atoms with Gasteiger partial charge < -0.3 is 10.2 Å². The number of anilines is 3. The number of nitrogens with zero attached hydrogens (tertiary/aromatic N) is 2. The molecule has 0 radical (unpaired) electrons. The van der Waals surface area contributed by atoms with Crippen molar-refractivity contribution in [1.29, 1.82) is 0 Å². The van der Waals surface area contributed by atoms with Gasteiger partial charge in [-0.1, -0.05) is 29.8 Å². The van der Waals surface area contributed by atoms with Gasteiger partial charge in [0, 0.05) is 29.5 Å². The summed E-state index contributed by atoms with van der Waals surface area (Å²) in [4.78, 5) is 15.2. The molecule has 3 aromatic carbocycles. The fraction of sp³-hybridized carbons (Fsp3) is 0.208. The zero-order valence-electron chi connectivity index (χ0n) is 17.4. The fourth-order valence-corrected chi connectivity index (χ4v) is 5.27. The number of benzene rings is 3. The highest BCUT2D eigenvalue weighted by atomic mass is 35.5. The van der Waals surface area contributed by atoms with Crippen LogP contribution in [0, 0.1) is 0 Å². The van der Waals surface area contributed by atoms with Gasteiger partial charge in [0.2, 0.25) is 5.91 Å². The second-order valence-electron chi connectivity index (χ2n) is 7.59. The molecule has 1 fully saturated rings. The van der Waals surface area contributed by atoms with E-state index in [2.05, 4.69) is 10.2 Å². The lowest BCUT2D eigenvalue weighted by molar-refractivity contribution is -0.114. The van der Waals surface area contributed by atoms with E-state index in [1.807, 2.05) is 24.3 Å². The van der Waals surface area contributed by atoms with E-state index in [0.717, 1.165) is 23.1 Å². The highest BCUT2D eigenvalue weighted by molar-refractivity contribution is 7.92. The van der Waals surface area contributed by atoms with Gasteiger partial charge in [-0.2, -0.15) is 0 Å². The Kier molecular flexibility index (Phi) is 6.67. The molecule has 3 aromatic rings. The van der Waals surface area contributed by atoms with E-state index in [4.69, 9.17) is 11.6 Å². The SMILES string of the molecule is O=C(CN(c1ccc(Cl)cc1)S(=O)(=O)c1ccccc1)Nc1ccc(N2CCCC2)cc1. The summed E-state index contributed by atoms with van der Waals surface area (Å²) in [6.07, 6.45) is 2.38. The standard InChI is InChI=1S/C24H24ClN3O3S/c25-19-8-12-22(13-9-19)28(32(30,31)23-6-2-1-3-7-23)18-24(29)26-20-10-14-21(15-11-20)27-16-4-5-17-27/h1-3,6-15H,4-5,16-18H2,(H,26,29). The number of hydrogen-bond donors (Lipinski definition) is 1. The number of sulfonamides is 1. The Morgan fingerprint density at radius 3 is 2.16 bits per heavy atom. The second kappa shape index (κ2) is 9.63. The van der Waals surface area contributed by atoms with E-state index in [0.29, 0.717) is 16.4 Å². The summed E-state index contributed by atoms with van der Waals surface area (Å²) in [5.41, 5.74) is 2.10. The first kappa shape index (κ1) is 22.2. The van der Waals surface area contributed by atoms with Gasteiger partial charge in [-0.3, -0.25) is 9.10 Å². The number of carbonyl (C=O) groups is 1. The van der Waals surface area contributed by atoms with Crippen LogP contribution in [0.4, 0.5) is 17.1 Å². The van der Waals surface area contributed by atoms with Gasteiger partial charge >= 0.3 is 0 Å². The van der Waals surface area contributed by atoms with Crippen LogP contribution in [-0.4, -0.2) is 34.0 Å². The highest BCUT2D eigenvalue weighted by Crippen LogP contribution is 2.26. The molecule has 8 heteroatoms. The number of nitrogens with one attached hydrogen (secondary N) is 1. The van der Waals surface area contributed by atoms with E-state index in [1.54, 1.807) is 42.5 Å². The van der Waals surface area contributed by atoms with Gasteiger partial charge in [-0.15, -0.1) is 0 Å². The van der Waals surface area contributed by atoms with E-state index in [-0.39, 0.29) is 11.4 Å². The van der Waals surface area contributed by atoms with E-state index in [9.17, 15) is 13.2 Å². The molecule has 0 aromatic heterocycles. The Labute approximate surface area is 193 Å². The maximum Gasteiger partial charge on any atom is 0.264 e. The normalized spacial score (nSPS) is 13.7. The third kappa shape index (κ3) is 5.06. The van der Waals surface area contributed by atoms with Gasteiger partial charge in [0.05, 0.1) is 10.6 Å². The van der Waals surface area contributed by atoms with Gasteiger partial charge in [0.15, 0.2) is 0 Å². The van der Waals surface area contributed by atoms with Crippen molar-refractivity contribution in [2.45, 2.75) is 17.7 Å². The van der Waals surface area contributed by atoms with E-state index < -0.39 is 15.9 Å². The molecule has 1 aliphatic heterocycles. The Hall–Kier alpha value is -3.03. The minimum absolute atomic E-state index is 0.109. The molecule has 1 N–H and O–H groups in total. The van der Waals surface area contributed by atoms with E-state index >= 15 is 0 Å². The Morgan fingerprint density at radius 2 is 1.53 bits per heavy atom. The Bertz CT molecular complexity index is 1160. The fourth-order valence-electron chi connectivity index (χ4n) is 3.70. The Balaban J connectivity index is 1.54. The predicted molar refractivity (Wildman–Crippen MR) is 129 cm³/mol. The smallest absolute Gasteiger partial charge is 0.264 e. The van der Waals surface area contributed by atoms with Crippen LogP contribution in [0.2, 0.25) is 5.02 Å². The maximum atomic E-state index is 13.3. The number of halogens is 1. The first-order valence-corrected chi connectivity index (χ1v) is 12.2. The first-order valence-electron chi connectivity index (χ1n) is 10.4. The molecule has 166 valence electrons. The zero-order valence-corrected chi connectivity index (χ0v) is 19.0. The summed E-state index contributed by atoms with van der Waals surface area (Å²) in [6, 6.07) is 22.0. The molecular weight excluding hydrogens is 446 g/mol. The van der Waals surface area contributed by atoms with Crippen molar-refractivity contribution < 1.29 is 13.2 Å². The maximum absolute atomic E-state index is 13.3. The van der Waals surface area contributed by atoms with Crippen LogP contribution < -0.4 is 14.5 Å². The largest absolute Gasteiger partial charge is 0.372 e. The lowest BCUT2D eigenvalue weighted by atomic mass is 10.2. The molecular formula is C24H24ClN3O3S. The van der Waals surface area contributed by atoms with Crippen molar-refractivity contribution >= 4 is 44.6 Å². The quantitative estimate of drug-likeness (QED) is 0.541. The molecule has 0 saturated carbocycles. The van der Waals surface area contributed by atoms with Gasteiger partial charge in [0.1, 0.15) is 6.54 Å². The third-order valence-corrected chi connectivity index (χ3v) is 7.40. The summed E-state index contributed by atoms with van der Waals surface area (Å²) in [5, 5.41) is 3.29. The van der Waals surface area contributed by atoms with Crippen LogP contribution in [0.3, 0.4) is 0 Å². The molecule has 32 heavy (non-hydrogen) atoms. The van der Waals surface area contributed by atoms with E-state index in [1.165, 1.54) is 25.0 Å². The van der Waals surface area contributed by atoms with Crippen molar-refractivity contribution in [2.75, 3.05) is 34.2 Å². The number of hydrogen-bond acceptors (Lipinski definition) is 4. The second-order valence-corrected chi connectivity index (χ2v) is 9.89. The van der Waals surface area contributed by atoms with Crippen molar-refractivity contribution in [2.24, 2.45) is 0 Å². The van der Waals surface area contributed by atoms with Crippen LogP contribution in [0.25, 0.3) is 0 Å². The number of rotatable bonds is 7. The summed E-state index contributed by atoms with van der Waals surface area (Å²) >= 11 is 5.97. The summed E-state index contributed by atoms with van der Waals surface area (Å²) in [6.45, 7) is 1.71. The third-order valence-electron chi connectivity index (χ3n) is 5.36. The molecule has 4 rings (SSSR count).